The first kappa shape index (κ1) is 19.8. The molecule has 0 aliphatic carbocycles. The zero-order valence-corrected chi connectivity index (χ0v) is 17.6. The van der Waals surface area contributed by atoms with Crippen LogP contribution in [0.2, 0.25) is 0 Å². The average molecular weight is 425 g/mol. The molecule has 3 aliphatic rings. The Kier molecular flexibility index (Phi) is 5.03. The van der Waals surface area contributed by atoms with Crippen molar-refractivity contribution in [1.82, 2.24) is 10.2 Å². The quantitative estimate of drug-likeness (QED) is 0.545. The van der Waals surface area contributed by atoms with Crippen LogP contribution in [0.5, 0.6) is 11.5 Å². The van der Waals surface area contributed by atoms with E-state index >= 15 is 0 Å². The smallest absolute Gasteiger partial charge is 0.329 e. The molecular formula is C23H28N4O4+2. The molecule has 31 heavy (non-hydrogen) atoms. The molecule has 0 unspecified atom stereocenters. The first-order chi connectivity index (χ1) is 15.0. The lowest BCUT2D eigenvalue weighted by molar-refractivity contribution is -1.02. The number of urea groups is 1. The monoisotopic (exact) mass is 424 g/mol. The van der Waals surface area contributed by atoms with Crippen LogP contribution >= 0.6 is 0 Å². The number of benzene rings is 2. The van der Waals surface area contributed by atoms with Crippen LogP contribution in [0.15, 0.2) is 48.5 Å². The van der Waals surface area contributed by atoms with Crippen LogP contribution in [-0.2, 0) is 16.9 Å². The fourth-order valence-electron chi connectivity index (χ4n) is 4.64. The van der Waals surface area contributed by atoms with E-state index in [2.05, 4.69) is 29.6 Å². The second-order valence-corrected chi connectivity index (χ2v) is 8.68. The fraction of sp³-hybridized carbons (Fsp3) is 0.391. The Morgan fingerprint density at radius 3 is 2.45 bits per heavy atom. The number of hydrogen-bond acceptors (Lipinski definition) is 4. The molecule has 0 spiro atoms. The van der Waals surface area contributed by atoms with Gasteiger partial charge in [0.1, 0.15) is 38.3 Å². The molecule has 8 nitrogen and oxygen atoms in total. The Balaban J connectivity index is 1.22. The summed E-state index contributed by atoms with van der Waals surface area (Å²) in [6, 6.07) is 15.6. The van der Waals surface area contributed by atoms with Gasteiger partial charge in [-0.25, -0.2) is 9.69 Å². The second-order valence-electron chi connectivity index (χ2n) is 8.68. The lowest BCUT2D eigenvalue weighted by Crippen LogP contribution is -3.28. The summed E-state index contributed by atoms with van der Waals surface area (Å²) in [7, 11) is 0. The van der Waals surface area contributed by atoms with Crippen molar-refractivity contribution in [3.05, 3.63) is 59.7 Å². The van der Waals surface area contributed by atoms with Gasteiger partial charge in [0.2, 0.25) is 6.79 Å². The van der Waals surface area contributed by atoms with Gasteiger partial charge in [0.25, 0.3) is 5.91 Å². The van der Waals surface area contributed by atoms with E-state index < -0.39 is 5.54 Å². The van der Waals surface area contributed by atoms with Crippen LogP contribution in [-0.4, -0.2) is 56.5 Å². The zero-order chi connectivity index (χ0) is 21.4. The summed E-state index contributed by atoms with van der Waals surface area (Å²) in [5.74, 6) is 1.03. The van der Waals surface area contributed by atoms with Crippen molar-refractivity contribution in [1.29, 1.82) is 0 Å². The molecule has 0 aromatic heterocycles. The van der Waals surface area contributed by atoms with Gasteiger partial charge in [-0.05, 0) is 24.6 Å². The van der Waals surface area contributed by atoms with E-state index in [-0.39, 0.29) is 18.7 Å². The minimum absolute atomic E-state index is 0.170. The molecule has 3 amide bonds. The predicted octanol–water partition coefficient (Wildman–Crippen LogP) is -0.877. The maximum absolute atomic E-state index is 13.3. The highest BCUT2D eigenvalue weighted by atomic mass is 16.7. The second kappa shape index (κ2) is 7.86. The maximum atomic E-state index is 13.3. The molecule has 0 radical (unpaired) electrons. The molecule has 3 N–H and O–H groups in total. The summed E-state index contributed by atoms with van der Waals surface area (Å²) in [6.45, 7) is 7.23. The van der Waals surface area contributed by atoms with E-state index in [1.807, 2.05) is 12.1 Å². The van der Waals surface area contributed by atoms with Crippen LogP contribution < -0.4 is 24.6 Å². The Labute approximate surface area is 181 Å². The zero-order valence-electron chi connectivity index (χ0n) is 17.6. The van der Waals surface area contributed by atoms with Gasteiger partial charge in [-0.2, -0.15) is 0 Å². The van der Waals surface area contributed by atoms with Crippen molar-refractivity contribution in [2.45, 2.75) is 19.0 Å². The summed E-state index contributed by atoms with van der Waals surface area (Å²) in [5.41, 5.74) is 0.942. The van der Waals surface area contributed by atoms with Gasteiger partial charge in [-0.1, -0.05) is 36.4 Å². The molecule has 2 aromatic carbocycles. The molecule has 0 saturated carbocycles. The summed E-state index contributed by atoms with van der Waals surface area (Å²) >= 11 is 0. The molecule has 5 rings (SSSR count). The van der Waals surface area contributed by atoms with Crippen LogP contribution in [0, 0.1) is 0 Å². The third kappa shape index (κ3) is 3.73. The SMILES string of the molecule is C[C@@]1(c2ccc3c(c2)OCO3)NC(=O)N(C[NH+]2CC[NH+](Cc3ccccc3)CC2)C1=O. The third-order valence-electron chi connectivity index (χ3n) is 6.57. The lowest BCUT2D eigenvalue weighted by atomic mass is 9.92. The van der Waals surface area contributed by atoms with E-state index in [1.165, 1.54) is 20.3 Å². The number of amides is 3. The number of imide groups is 1. The number of carbonyl (C=O) groups is 2. The molecule has 3 heterocycles. The molecule has 2 saturated heterocycles. The molecule has 0 bridgehead atoms. The summed E-state index contributed by atoms with van der Waals surface area (Å²) in [5, 5.41) is 2.89. The highest BCUT2D eigenvalue weighted by Gasteiger charge is 2.50. The molecule has 2 aromatic rings. The Hall–Kier alpha value is -3.10. The number of fused-ring (bicyclic) bond motifs is 1. The Bertz CT molecular complexity index is 990. The summed E-state index contributed by atoms with van der Waals surface area (Å²) < 4.78 is 10.8. The minimum atomic E-state index is -1.10. The maximum Gasteiger partial charge on any atom is 0.329 e. The van der Waals surface area contributed by atoms with E-state index in [9.17, 15) is 9.59 Å². The molecule has 1 atom stereocenters. The van der Waals surface area contributed by atoms with Crippen molar-refractivity contribution in [2.24, 2.45) is 0 Å². The third-order valence-corrected chi connectivity index (χ3v) is 6.57. The highest BCUT2D eigenvalue weighted by Crippen LogP contribution is 2.37. The number of carbonyl (C=O) groups excluding carboxylic acids is 2. The summed E-state index contributed by atoms with van der Waals surface area (Å²) in [4.78, 5) is 30.1. The van der Waals surface area contributed by atoms with E-state index in [4.69, 9.17) is 9.47 Å². The van der Waals surface area contributed by atoms with Gasteiger partial charge in [-0.15, -0.1) is 0 Å². The van der Waals surface area contributed by atoms with Crippen molar-refractivity contribution in [3.63, 3.8) is 0 Å². The Morgan fingerprint density at radius 1 is 0.968 bits per heavy atom. The van der Waals surface area contributed by atoms with Crippen LogP contribution in [0.1, 0.15) is 18.1 Å². The van der Waals surface area contributed by atoms with Gasteiger partial charge in [0.05, 0.1) is 0 Å². The Morgan fingerprint density at radius 2 is 1.68 bits per heavy atom. The van der Waals surface area contributed by atoms with Gasteiger partial charge in [0.15, 0.2) is 18.2 Å². The number of nitrogens with zero attached hydrogens (tertiary/aromatic N) is 1. The number of ether oxygens (including phenoxy) is 2. The summed E-state index contributed by atoms with van der Waals surface area (Å²) in [6.07, 6.45) is 0. The van der Waals surface area contributed by atoms with Gasteiger partial charge in [-0.3, -0.25) is 4.79 Å². The molecule has 8 heteroatoms. The molecule has 2 fully saturated rings. The average Bonchev–Trinajstić information content (AvgIpc) is 3.34. The standard InChI is InChI=1S/C23H26N4O4/c1-23(18-7-8-19-20(13-18)31-16-30-19)21(28)27(22(29)24-23)15-26-11-9-25(10-12-26)14-17-5-3-2-4-6-17/h2-8,13H,9-12,14-16H2,1H3,(H,24,29)/p+2/t23-/m0/s1. The first-order valence-corrected chi connectivity index (χ1v) is 10.8. The van der Waals surface area contributed by atoms with Gasteiger partial charge >= 0.3 is 6.03 Å². The molecular weight excluding hydrogens is 396 g/mol. The van der Waals surface area contributed by atoms with Crippen molar-refractivity contribution >= 4 is 11.9 Å². The van der Waals surface area contributed by atoms with E-state index in [0.717, 1.165) is 32.7 Å². The molecule has 3 aliphatic heterocycles. The minimum Gasteiger partial charge on any atom is -0.454 e. The van der Waals surface area contributed by atoms with Crippen molar-refractivity contribution in [3.8, 4) is 11.5 Å². The topological polar surface area (TPSA) is 76.8 Å². The number of hydrogen-bond donors (Lipinski definition) is 3. The number of rotatable bonds is 5. The van der Waals surface area contributed by atoms with E-state index in [0.29, 0.717) is 23.7 Å². The van der Waals surface area contributed by atoms with Crippen LogP contribution in [0.3, 0.4) is 0 Å². The normalized spacial score (nSPS) is 27.5. The van der Waals surface area contributed by atoms with Crippen LogP contribution in [0.4, 0.5) is 4.79 Å². The first-order valence-electron chi connectivity index (χ1n) is 10.8. The number of quaternary nitrogens is 2. The lowest BCUT2D eigenvalue weighted by Gasteiger charge is -2.31. The number of nitrogens with one attached hydrogen (secondary N) is 3. The van der Waals surface area contributed by atoms with Crippen molar-refractivity contribution in [2.75, 3.05) is 39.6 Å². The molecule has 162 valence electrons. The van der Waals surface area contributed by atoms with Crippen molar-refractivity contribution < 1.29 is 28.9 Å². The fourth-order valence-corrected chi connectivity index (χ4v) is 4.64. The number of piperazine rings is 1. The largest absolute Gasteiger partial charge is 0.454 e. The van der Waals surface area contributed by atoms with Gasteiger partial charge < -0.3 is 24.6 Å². The van der Waals surface area contributed by atoms with Gasteiger partial charge in [0, 0.05) is 5.56 Å². The van der Waals surface area contributed by atoms with E-state index in [1.54, 1.807) is 19.1 Å². The highest BCUT2D eigenvalue weighted by molar-refractivity contribution is 6.07. The predicted molar refractivity (Wildman–Crippen MR) is 112 cm³/mol. The van der Waals surface area contributed by atoms with Crippen LogP contribution in [0.25, 0.3) is 0 Å².